The molecule has 0 spiro atoms. The third kappa shape index (κ3) is 2.81. The molecular formula is C7H6F3NO2. The summed E-state index contributed by atoms with van der Waals surface area (Å²) in [4.78, 5) is 3.47. The van der Waals surface area contributed by atoms with Crippen molar-refractivity contribution in [2.75, 3.05) is 7.11 Å². The molecule has 72 valence electrons. The van der Waals surface area contributed by atoms with Crippen molar-refractivity contribution in [1.29, 1.82) is 0 Å². The van der Waals surface area contributed by atoms with Crippen LogP contribution in [0.4, 0.5) is 13.2 Å². The van der Waals surface area contributed by atoms with Gasteiger partial charge in [0, 0.05) is 12.3 Å². The summed E-state index contributed by atoms with van der Waals surface area (Å²) in [6, 6.07) is 1.28. The predicted molar refractivity (Wildman–Crippen MR) is 37.5 cm³/mol. The average molecular weight is 193 g/mol. The Kier molecular flexibility index (Phi) is 2.60. The Balaban J connectivity index is 2.87. The van der Waals surface area contributed by atoms with E-state index in [1.54, 1.807) is 0 Å². The zero-order valence-electron chi connectivity index (χ0n) is 6.63. The number of aromatic nitrogens is 1. The number of alkyl halides is 3. The van der Waals surface area contributed by atoms with Crippen molar-refractivity contribution in [3.05, 3.63) is 18.5 Å². The van der Waals surface area contributed by atoms with Gasteiger partial charge in [-0.15, -0.1) is 13.2 Å². The molecule has 0 radical (unpaired) electrons. The van der Waals surface area contributed by atoms with Crippen molar-refractivity contribution in [3.63, 3.8) is 0 Å². The van der Waals surface area contributed by atoms with Crippen LogP contribution in [0.5, 0.6) is 11.5 Å². The fraction of sp³-hybridized carbons (Fsp3) is 0.286. The summed E-state index contributed by atoms with van der Waals surface area (Å²) in [6.07, 6.45) is -2.48. The lowest BCUT2D eigenvalue weighted by Gasteiger charge is -2.10. The Bertz CT molecular complexity index is 287. The maximum absolute atomic E-state index is 11.8. The first-order chi connectivity index (χ1) is 6.03. The minimum Gasteiger partial charge on any atom is -0.493 e. The molecule has 1 aromatic rings. The molecule has 0 atom stereocenters. The van der Waals surface area contributed by atoms with Gasteiger partial charge in [0.05, 0.1) is 13.3 Å². The van der Waals surface area contributed by atoms with Crippen molar-refractivity contribution in [3.8, 4) is 11.5 Å². The van der Waals surface area contributed by atoms with Crippen LogP contribution in [-0.2, 0) is 0 Å². The van der Waals surface area contributed by atoms with Crippen molar-refractivity contribution in [1.82, 2.24) is 4.98 Å². The number of pyridine rings is 1. The minimum atomic E-state index is -4.73. The third-order valence-corrected chi connectivity index (χ3v) is 1.19. The van der Waals surface area contributed by atoms with Crippen LogP contribution < -0.4 is 9.47 Å². The topological polar surface area (TPSA) is 31.4 Å². The minimum absolute atomic E-state index is 0.00711. The zero-order valence-corrected chi connectivity index (χ0v) is 6.63. The fourth-order valence-electron chi connectivity index (χ4n) is 0.737. The van der Waals surface area contributed by atoms with Gasteiger partial charge >= 0.3 is 6.36 Å². The standard InChI is InChI=1S/C7H6F3NO2/c1-12-5-2-3-11-4-6(5)13-7(8,9)10/h2-4H,1H3. The second-order valence-corrected chi connectivity index (χ2v) is 2.07. The normalized spacial score (nSPS) is 11.1. The lowest BCUT2D eigenvalue weighted by molar-refractivity contribution is -0.275. The van der Waals surface area contributed by atoms with Crippen LogP contribution in [-0.4, -0.2) is 18.5 Å². The SMILES string of the molecule is COc1ccncc1OC(F)(F)F. The largest absolute Gasteiger partial charge is 0.573 e. The van der Waals surface area contributed by atoms with E-state index in [0.29, 0.717) is 0 Å². The zero-order chi connectivity index (χ0) is 9.90. The van der Waals surface area contributed by atoms with Crippen LogP contribution in [0.2, 0.25) is 0 Å². The fourth-order valence-corrected chi connectivity index (χ4v) is 0.737. The molecule has 0 aliphatic rings. The van der Waals surface area contributed by atoms with E-state index in [4.69, 9.17) is 0 Å². The first kappa shape index (κ1) is 9.63. The molecule has 0 aliphatic carbocycles. The van der Waals surface area contributed by atoms with Gasteiger partial charge in [-0.25, -0.2) is 0 Å². The molecule has 3 nitrogen and oxygen atoms in total. The van der Waals surface area contributed by atoms with Crippen LogP contribution in [0.15, 0.2) is 18.5 Å². The van der Waals surface area contributed by atoms with Gasteiger partial charge in [-0.05, 0) is 0 Å². The highest BCUT2D eigenvalue weighted by atomic mass is 19.4. The van der Waals surface area contributed by atoms with E-state index in [0.717, 1.165) is 6.20 Å². The third-order valence-electron chi connectivity index (χ3n) is 1.19. The Morgan fingerprint density at radius 3 is 2.54 bits per heavy atom. The van der Waals surface area contributed by atoms with Gasteiger partial charge in [-0.3, -0.25) is 4.98 Å². The number of hydrogen-bond donors (Lipinski definition) is 0. The predicted octanol–water partition coefficient (Wildman–Crippen LogP) is 1.99. The number of halogens is 3. The molecule has 0 saturated heterocycles. The van der Waals surface area contributed by atoms with Gasteiger partial charge in [-0.2, -0.15) is 0 Å². The summed E-state index contributed by atoms with van der Waals surface area (Å²) < 4.78 is 43.5. The summed E-state index contributed by atoms with van der Waals surface area (Å²) >= 11 is 0. The quantitative estimate of drug-likeness (QED) is 0.719. The summed E-state index contributed by atoms with van der Waals surface area (Å²) in [7, 11) is 1.25. The van der Waals surface area contributed by atoms with Gasteiger partial charge in [0.15, 0.2) is 11.5 Å². The molecule has 0 saturated carbocycles. The Hall–Kier alpha value is -1.46. The number of ether oxygens (including phenoxy) is 2. The Morgan fingerprint density at radius 1 is 1.31 bits per heavy atom. The lowest BCUT2D eigenvalue weighted by atomic mass is 10.4. The van der Waals surface area contributed by atoms with Crippen molar-refractivity contribution in [2.45, 2.75) is 6.36 Å². The molecule has 1 aromatic heterocycles. The monoisotopic (exact) mass is 193 g/mol. The van der Waals surface area contributed by atoms with Crippen molar-refractivity contribution < 1.29 is 22.6 Å². The molecular weight excluding hydrogens is 187 g/mol. The van der Waals surface area contributed by atoms with Gasteiger partial charge in [0.2, 0.25) is 0 Å². The number of methoxy groups -OCH3 is 1. The molecule has 0 unspecified atom stereocenters. The molecule has 6 heteroatoms. The maximum Gasteiger partial charge on any atom is 0.573 e. The lowest BCUT2D eigenvalue weighted by Crippen LogP contribution is -2.17. The molecule has 0 fully saturated rings. The van der Waals surface area contributed by atoms with Crippen LogP contribution >= 0.6 is 0 Å². The van der Waals surface area contributed by atoms with Crippen molar-refractivity contribution >= 4 is 0 Å². The highest BCUT2D eigenvalue weighted by Crippen LogP contribution is 2.30. The summed E-state index contributed by atoms with van der Waals surface area (Å²) in [6.45, 7) is 0. The molecule has 1 heterocycles. The van der Waals surface area contributed by atoms with Crippen LogP contribution in [0.25, 0.3) is 0 Å². The van der Waals surface area contributed by atoms with Crippen LogP contribution in [0.3, 0.4) is 0 Å². The second-order valence-electron chi connectivity index (χ2n) is 2.07. The van der Waals surface area contributed by atoms with Crippen molar-refractivity contribution in [2.24, 2.45) is 0 Å². The molecule has 13 heavy (non-hydrogen) atoms. The maximum atomic E-state index is 11.8. The van der Waals surface area contributed by atoms with E-state index in [2.05, 4.69) is 14.5 Å². The highest BCUT2D eigenvalue weighted by molar-refractivity contribution is 5.36. The molecule has 0 aromatic carbocycles. The molecule has 0 bridgehead atoms. The van der Waals surface area contributed by atoms with E-state index in [1.807, 2.05) is 0 Å². The number of nitrogens with zero attached hydrogens (tertiary/aromatic N) is 1. The second kappa shape index (κ2) is 3.51. The Labute approximate surface area is 72.1 Å². The van der Waals surface area contributed by atoms with Crippen LogP contribution in [0.1, 0.15) is 0 Å². The first-order valence-electron chi connectivity index (χ1n) is 3.26. The van der Waals surface area contributed by atoms with Gasteiger partial charge in [0.1, 0.15) is 0 Å². The van der Waals surface area contributed by atoms with E-state index in [-0.39, 0.29) is 5.75 Å². The molecule has 0 aliphatic heterocycles. The van der Waals surface area contributed by atoms with E-state index >= 15 is 0 Å². The first-order valence-corrected chi connectivity index (χ1v) is 3.26. The molecule has 0 N–H and O–H groups in total. The molecule has 1 rings (SSSR count). The van der Waals surface area contributed by atoms with E-state index in [1.165, 1.54) is 19.4 Å². The number of rotatable bonds is 2. The van der Waals surface area contributed by atoms with Gasteiger partial charge < -0.3 is 9.47 Å². The van der Waals surface area contributed by atoms with Crippen LogP contribution in [0, 0.1) is 0 Å². The highest BCUT2D eigenvalue weighted by Gasteiger charge is 2.32. The average Bonchev–Trinajstić information content (AvgIpc) is 2.02. The van der Waals surface area contributed by atoms with E-state index < -0.39 is 12.1 Å². The Morgan fingerprint density at radius 2 is 2.00 bits per heavy atom. The smallest absolute Gasteiger partial charge is 0.493 e. The molecule has 0 amide bonds. The summed E-state index contributed by atoms with van der Waals surface area (Å²) in [5.74, 6) is -0.454. The van der Waals surface area contributed by atoms with E-state index in [9.17, 15) is 13.2 Å². The summed E-state index contributed by atoms with van der Waals surface area (Å²) in [5.41, 5.74) is 0. The number of hydrogen-bond acceptors (Lipinski definition) is 3. The van der Waals surface area contributed by atoms with Gasteiger partial charge in [0.25, 0.3) is 0 Å². The summed E-state index contributed by atoms with van der Waals surface area (Å²) in [5, 5.41) is 0. The van der Waals surface area contributed by atoms with Gasteiger partial charge in [-0.1, -0.05) is 0 Å².